The summed E-state index contributed by atoms with van der Waals surface area (Å²) >= 11 is 0. The highest BCUT2D eigenvalue weighted by Crippen LogP contribution is 2.14. The fourth-order valence-corrected chi connectivity index (χ4v) is 1.79. The van der Waals surface area contributed by atoms with E-state index in [9.17, 15) is 8.78 Å². The summed E-state index contributed by atoms with van der Waals surface area (Å²) in [5.41, 5.74) is 0. The van der Waals surface area contributed by atoms with E-state index in [1.807, 2.05) is 0 Å². The van der Waals surface area contributed by atoms with Gasteiger partial charge in [-0.3, -0.25) is 4.57 Å². The van der Waals surface area contributed by atoms with Gasteiger partial charge in [-0.1, -0.05) is 0 Å². The molecule has 0 spiro atoms. The average molecular weight is 231 g/mol. The summed E-state index contributed by atoms with van der Waals surface area (Å²) in [5.74, 6) is 0.278. The van der Waals surface area contributed by atoms with Gasteiger partial charge in [-0.25, -0.2) is 4.98 Å². The molecule has 1 aromatic heterocycles. The molecule has 1 saturated heterocycles. The van der Waals surface area contributed by atoms with Gasteiger partial charge in [0.25, 0.3) is 0 Å². The fraction of sp³-hybridized carbons (Fsp3) is 0.700. The van der Waals surface area contributed by atoms with Crippen LogP contribution in [0.3, 0.4) is 0 Å². The molecular formula is C10H15F2N3O. The maximum absolute atomic E-state index is 12.5. The van der Waals surface area contributed by atoms with Crippen LogP contribution in [0.25, 0.3) is 0 Å². The SMILES string of the molecule is FC(F)n1ccnc1CO[C@H]1CCCNC1. The Morgan fingerprint density at radius 2 is 2.50 bits per heavy atom. The zero-order valence-corrected chi connectivity index (χ0v) is 8.90. The molecule has 2 heterocycles. The molecular weight excluding hydrogens is 216 g/mol. The third kappa shape index (κ3) is 2.76. The number of imidazole rings is 1. The van der Waals surface area contributed by atoms with Crippen molar-refractivity contribution in [2.45, 2.75) is 32.1 Å². The molecule has 1 fully saturated rings. The van der Waals surface area contributed by atoms with Crippen molar-refractivity contribution in [3.05, 3.63) is 18.2 Å². The highest BCUT2D eigenvalue weighted by molar-refractivity contribution is 4.91. The summed E-state index contributed by atoms with van der Waals surface area (Å²) in [6.07, 6.45) is 4.78. The van der Waals surface area contributed by atoms with Gasteiger partial charge in [0.1, 0.15) is 12.4 Å². The van der Waals surface area contributed by atoms with Crippen molar-refractivity contribution in [1.82, 2.24) is 14.9 Å². The van der Waals surface area contributed by atoms with E-state index in [1.165, 1.54) is 12.4 Å². The van der Waals surface area contributed by atoms with Crippen LogP contribution in [0.1, 0.15) is 25.2 Å². The Hall–Kier alpha value is -1.01. The van der Waals surface area contributed by atoms with Crippen LogP contribution in [0.4, 0.5) is 8.78 Å². The molecule has 0 radical (unpaired) electrons. The Balaban J connectivity index is 1.86. The second-order valence-corrected chi connectivity index (χ2v) is 3.81. The van der Waals surface area contributed by atoms with Crippen molar-refractivity contribution in [3.8, 4) is 0 Å². The van der Waals surface area contributed by atoms with Crippen molar-refractivity contribution < 1.29 is 13.5 Å². The van der Waals surface area contributed by atoms with Crippen molar-refractivity contribution in [2.24, 2.45) is 0 Å². The van der Waals surface area contributed by atoms with Gasteiger partial charge in [0, 0.05) is 18.9 Å². The maximum atomic E-state index is 12.5. The van der Waals surface area contributed by atoms with E-state index in [1.54, 1.807) is 0 Å². The van der Waals surface area contributed by atoms with E-state index in [2.05, 4.69) is 10.3 Å². The average Bonchev–Trinajstić information content (AvgIpc) is 2.76. The fourth-order valence-electron chi connectivity index (χ4n) is 1.79. The van der Waals surface area contributed by atoms with Crippen molar-refractivity contribution in [1.29, 1.82) is 0 Å². The minimum Gasteiger partial charge on any atom is -0.369 e. The van der Waals surface area contributed by atoms with Crippen LogP contribution in [-0.4, -0.2) is 28.7 Å². The molecule has 0 amide bonds. The van der Waals surface area contributed by atoms with E-state index < -0.39 is 6.55 Å². The molecule has 1 aromatic rings. The van der Waals surface area contributed by atoms with Crippen LogP contribution >= 0.6 is 0 Å². The van der Waals surface area contributed by atoms with Crippen LogP contribution in [-0.2, 0) is 11.3 Å². The lowest BCUT2D eigenvalue weighted by Crippen LogP contribution is -2.35. The number of alkyl halides is 2. The molecule has 2 rings (SSSR count). The normalized spacial score (nSPS) is 21.6. The highest BCUT2D eigenvalue weighted by atomic mass is 19.3. The highest BCUT2D eigenvalue weighted by Gasteiger charge is 2.16. The summed E-state index contributed by atoms with van der Waals surface area (Å²) in [6, 6.07) is 0. The molecule has 16 heavy (non-hydrogen) atoms. The van der Waals surface area contributed by atoms with Gasteiger partial charge in [-0.05, 0) is 19.4 Å². The predicted molar refractivity (Wildman–Crippen MR) is 54.2 cm³/mol. The first-order chi connectivity index (χ1) is 7.77. The quantitative estimate of drug-likeness (QED) is 0.854. The first-order valence-corrected chi connectivity index (χ1v) is 5.39. The standard InChI is InChI=1S/C10H15F2N3O/c11-10(12)15-5-4-14-9(15)7-16-8-2-1-3-13-6-8/h4-5,8,10,13H,1-3,6-7H2/t8-/m0/s1. The summed E-state index contributed by atoms with van der Waals surface area (Å²) in [5, 5.41) is 3.20. The Kier molecular flexibility index (Phi) is 3.84. The van der Waals surface area contributed by atoms with Gasteiger partial charge in [-0.2, -0.15) is 8.78 Å². The van der Waals surface area contributed by atoms with Gasteiger partial charge < -0.3 is 10.1 Å². The third-order valence-electron chi connectivity index (χ3n) is 2.66. The Morgan fingerprint density at radius 1 is 1.62 bits per heavy atom. The molecule has 1 N–H and O–H groups in total. The number of hydrogen-bond acceptors (Lipinski definition) is 3. The smallest absolute Gasteiger partial charge is 0.320 e. The lowest BCUT2D eigenvalue weighted by molar-refractivity contribution is 0.00926. The molecule has 0 unspecified atom stereocenters. The summed E-state index contributed by atoms with van der Waals surface area (Å²) < 4.78 is 31.3. The first kappa shape index (κ1) is 11.5. The lowest BCUT2D eigenvalue weighted by Gasteiger charge is -2.22. The molecule has 4 nitrogen and oxygen atoms in total. The number of piperidine rings is 1. The van der Waals surface area contributed by atoms with Gasteiger partial charge in [0.15, 0.2) is 0 Å². The predicted octanol–water partition coefficient (Wildman–Crippen LogP) is 1.55. The number of nitrogens with zero attached hydrogens (tertiary/aromatic N) is 2. The number of hydrogen-bond donors (Lipinski definition) is 1. The summed E-state index contributed by atoms with van der Waals surface area (Å²) in [6.45, 7) is -0.615. The Morgan fingerprint density at radius 3 is 3.19 bits per heavy atom. The molecule has 0 aliphatic carbocycles. The second kappa shape index (κ2) is 5.36. The molecule has 0 aromatic carbocycles. The monoisotopic (exact) mass is 231 g/mol. The van der Waals surface area contributed by atoms with Crippen molar-refractivity contribution in [3.63, 3.8) is 0 Å². The number of ether oxygens (including phenoxy) is 1. The van der Waals surface area contributed by atoms with E-state index in [0.717, 1.165) is 30.5 Å². The van der Waals surface area contributed by atoms with E-state index >= 15 is 0 Å². The largest absolute Gasteiger partial charge is 0.369 e. The van der Waals surface area contributed by atoms with Crippen molar-refractivity contribution in [2.75, 3.05) is 13.1 Å². The number of aromatic nitrogens is 2. The molecule has 0 bridgehead atoms. The second-order valence-electron chi connectivity index (χ2n) is 3.81. The van der Waals surface area contributed by atoms with Crippen LogP contribution in [0.5, 0.6) is 0 Å². The number of rotatable bonds is 4. The number of halogens is 2. The molecule has 6 heteroatoms. The van der Waals surface area contributed by atoms with E-state index in [0.29, 0.717) is 0 Å². The van der Waals surface area contributed by atoms with E-state index in [-0.39, 0.29) is 18.5 Å². The molecule has 1 aliphatic rings. The van der Waals surface area contributed by atoms with Crippen LogP contribution in [0, 0.1) is 0 Å². The van der Waals surface area contributed by atoms with Crippen LogP contribution in [0.15, 0.2) is 12.4 Å². The minimum atomic E-state index is -2.55. The molecule has 90 valence electrons. The van der Waals surface area contributed by atoms with Crippen molar-refractivity contribution >= 4 is 0 Å². The van der Waals surface area contributed by atoms with Gasteiger partial charge in [0.2, 0.25) is 0 Å². The van der Waals surface area contributed by atoms with Gasteiger partial charge in [0.05, 0.1) is 6.10 Å². The molecule has 1 atom stereocenters. The summed E-state index contributed by atoms with van der Waals surface area (Å²) in [4.78, 5) is 3.86. The third-order valence-corrected chi connectivity index (χ3v) is 2.66. The molecule has 1 aliphatic heterocycles. The maximum Gasteiger partial charge on any atom is 0.320 e. The number of nitrogens with one attached hydrogen (secondary N) is 1. The minimum absolute atomic E-state index is 0.108. The lowest BCUT2D eigenvalue weighted by atomic mass is 10.1. The zero-order valence-electron chi connectivity index (χ0n) is 8.90. The molecule has 0 saturated carbocycles. The van der Waals surface area contributed by atoms with Gasteiger partial charge in [-0.15, -0.1) is 0 Å². The van der Waals surface area contributed by atoms with E-state index in [4.69, 9.17) is 4.74 Å². The first-order valence-electron chi connectivity index (χ1n) is 5.39. The topological polar surface area (TPSA) is 39.1 Å². The Bertz CT molecular complexity index is 324. The summed E-state index contributed by atoms with van der Waals surface area (Å²) in [7, 11) is 0. The van der Waals surface area contributed by atoms with Gasteiger partial charge >= 0.3 is 6.55 Å². The zero-order chi connectivity index (χ0) is 11.4. The van der Waals surface area contributed by atoms with Crippen LogP contribution in [0.2, 0.25) is 0 Å². The Labute approximate surface area is 92.6 Å². The van der Waals surface area contributed by atoms with Crippen LogP contribution < -0.4 is 5.32 Å².